The molecule has 1 heterocycles. The quantitative estimate of drug-likeness (QED) is 0.768. The Hall–Kier alpha value is -1.39. The lowest BCUT2D eigenvalue weighted by Gasteiger charge is -2.31. The van der Waals surface area contributed by atoms with Crippen LogP contribution in [0.15, 0.2) is 58.3 Å². The van der Waals surface area contributed by atoms with Crippen molar-refractivity contribution in [2.45, 2.75) is 23.6 Å². The summed E-state index contributed by atoms with van der Waals surface area (Å²) in [5.74, 6) is 2.29. The maximum absolute atomic E-state index is 12.8. The number of anilines is 2. The molecule has 0 unspecified atom stereocenters. The van der Waals surface area contributed by atoms with Crippen molar-refractivity contribution in [1.29, 1.82) is 0 Å². The molecule has 0 fully saturated rings. The normalized spacial score (nSPS) is 13.0. The Morgan fingerprint density at radius 3 is 2.14 bits per heavy atom. The van der Waals surface area contributed by atoms with Crippen molar-refractivity contribution < 1.29 is 4.79 Å². The smallest absolute Gasteiger partial charge is 0.241 e. The van der Waals surface area contributed by atoms with Crippen molar-refractivity contribution in [1.82, 2.24) is 0 Å². The number of hydrogen-bond donors (Lipinski definition) is 0. The first-order valence-electron chi connectivity index (χ1n) is 7.43. The molecule has 2 aromatic carbocycles. The largest absolute Gasteiger partial charge is 0.278 e. The van der Waals surface area contributed by atoms with Crippen LogP contribution in [-0.2, 0) is 4.79 Å². The lowest BCUT2D eigenvalue weighted by Crippen LogP contribution is -2.30. The van der Waals surface area contributed by atoms with Crippen molar-refractivity contribution in [2.75, 3.05) is 16.4 Å². The highest BCUT2D eigenvalue weighted by atomic mass is 32.2. The van der Waals surface area contributed by atoms with Crippen LogP contribution >= 0.6 is 23.5 Å². The summed E-state index contributed by atoms with van der Waals surface area (Å²) in [5.41, 5.74) is 2.00. The van der Waals surface area contributed by atoms with E-state index in [2.05, 4.69) is 26.0 Å². The fraction of sp³-hybridized carbons (Fsp3) is 0.278. The molecule has 0 saturated carbocycles. The van der Waals surface area contributed by atoms with E-state index < -0.39 is 0 Å². The summed E-state index contributed by atoms with van der Waals surface area (Å²) in [7, 11) is 0. The summed E-state index contributed by atoms with van der Waals surface area (Å²) in [5, 5.41) is 0. The Morgan fingerprint density at radius 2 is 1.59 bits per heavy atom. The van der Waals surface area contributed by atoms with Gasteiger partial charge in [-0.3, -0.25) is 9.69 Å². The highest BCUT2D eigenvalue weighted by molar-refractivity contribution is 8.00. The minimum absolute atomic E-state index is 0.158. The zero-order chi connectivity index (χ0) is 15.5. The Balaban J connectivity index is 1.91. The van der Waals surface area contributed by atoms with E-state index in [0.717, 1.165) is 26.9 Å². The van der Waals surface area contributed by atoms with Crippen molar-refractivity contribution in [3.05, 3.63) is 48.5 Å². The standard InChI is InChI=1S/C18H19NOS2/c1-13(2)11-21-12-18(20)19-14-7-3-5-9-16(14)22-17-10-6-4-8-15(17)19/h3-10,13H,11-12H2,1-2H3. The van der Waals surface area contributed by atoms with Gasteiger partial charge in [-0.25, -0.2) is 0 Å². The molecule has 1 amide bonds. The SMILES string of the molecule is CC(C)CSCC(=O)N1c2ccccc2Sc2ccccc21. The molecular formula is C18H19NOS2. The van der Waals surface area contributed by atoms with Crippen molar-refractivity contribution in [2.24, 2.45) is 5.92 Å². The number of hydrogen-bond acceptors (Lipinski definition) is 3. The fourth-order valence-electron chi connectivity index (χ4n) is 2.42. The molecule has 0 aliphatic carbocycles. The number of rotatable bonds is 4. The lowest BCUT2D eigenvalue weighted by atomic mass is 10.2. The minimum Gasteiger partial charge on any atom is -0.278 e. The van der Waals surface area contributed by atoms with Crippen molar-refractivity contribution in [3.63, 3.8) is 0 Å². The lowest BCUT2D eigenvalue weighted by molar-refractivity contribution is -0.115. The molecule has 114 valence electrons. The maximum Gasteiger partial charge on any atom is 0.241 e. The number of amides is 1. The molecule has 1 aliphatic heterocycles. The van der Waals surface area contributed by atoms with Crippen LogP contribution < -0.4 is 4.90 Å². The van der Waals surface area contributed by atoms with Crippen molar-refractivity contribution in [3.8, 4) is 0 Å². The number of nitrogens with zero attached hydrogens (tertiary/aromatic N) is 1. The van der Waals surface area contributed by atoms with Crippen LogP contribution in [0.4, 0.5) is 11.4 Å². The Morgan fingerprint density at radius 1 is 1.05 bits per heavy atom. The van der Waals surface area contributed by atoms with E-state index in [0.29, 0.717) is 11.7 Å². The molecule has 22 heavy (non-hydrogen) atoms. The predicted octanol–water partition coefficient (Wildman–Crippen LogP) is 5.21. The van der Waals surface area contributed by atoms with E-state index in [1.54, 1.807) is 23.5 Å². The Labute approximate surface area is 140 Å². The molecule has 0 spiro atoms. The third-order valence-electron chi connectivity index (χ3n) is 3.36. The monoisotopic (exact) mass is 329 g/mol. The van der Waals surface area contributed by atoms with Gasteiger partial charge in [-0.05, 0) is 35.9 Å². The average Bonchev–Trinajstić information content (AvgIpc) is 2.52. The first-order chi connectivity index (χ1) is 10.7. The van der Waals surface area contributed by atoms with Gasteiger partial charge in [0.05, 0.1) is 17.1 Å². The van der Waals surface area contributed by atoms with Crippen LogP contribution in [0.1, 0.15) is 13.8 Å². The Kier molecular flexibility index (Phi) is 4.79. The van der Waals surface area contributed by atoms with Crippen LogP contribution in [0.5, 0.6) is 0 Å². The van der Waals surface area contributed by atoms with Crippen molar-refractivity contribution >= 4 is 40.8 Å². The van der Waals surface area contributed by atoms with Gasteiger partial charge >= 0.3 is 0 Å². The van der Waals surface area contributed by atoms with Crippen LogP contribution in [0, 0.1) is 5.92 Å². The highest BCUT2D eigenvalue weighted by Crippen LogP contribution is 2.47. The van der Waals surface area contributed by atoms with Gasteiger partial charge in [0.1, 0.15) is 0 Å². The average molecular weight is 329 g/mol. The summed E-state index contributed by atoms with van der Waals surface area (Å²) in [6, 6.07) is 16.3. The molecular weight excluding hydrogens is 310 g/mol. The van der Waals surface area contributed by atoms with Crippen LogP contribution in [-0.4, -0.2) is 17.4 Å². The predicted molar refractivity (Wildman–Crippen MR) is 96.3 cm³/mol. The van der Waals surface area contributed by atoms with E-state index in [-0.39, 0.29) is 5.91 Å². The second-order valence-electron chi connectivity index (χ2n) is 5.68. The third kappa shape index (κ3) is 3.18. The van der Waals surface area contributed by atoms with Gasteiger partial charge in [0.15, 0.2) is 0 Å². The molecule has 1 aliphatic rings. The van der Waals surface area contributed by atoms with E-state index in [9.17, 15) is 4.79 Å². The molecule has 0 N–H and O–H groups in total. The second kappa shape index (κ2) is 6.80. The third-order valence-corrected chi connectivity index (χ3v) is 5.84. The topological polar surface area (TPSA) is 20.3 Å². The molecule has 0 bridgehead atoms. The first-order valence-corrected chi connectivity index (χ1v) is 9.40. The minimum atomic E-state index is 0.158. The number of thioether (sulfide) groups is 1. The van der Waals surface area contributed by atoms with Gasteiger partial charge < -0.3 is 0 Å². The number of fused-ring (bicyclic) bond motifs is 2. The summed E-state index contributed by atoms with van der Waals surface area (Å²) in [4.78, 5) is 17.0. The van der Waals surface area contributed by atoms with E-state index in [4.69, 9.17) is 0 Å². The summed E-state index contributed by atoms with van der Waals surface area (Å²) >= 11 is 3.45. The van der Waals surface area contributed by atoms with E-state index in [1.807, 2.05) is 41.3 Å². The number of para-hydroxylation sites is 2. The molecule has 4 heteroatoms. The van der Waals surface area contributed by atoms with Gasteiger partial charge in [-0.1, -0.05) is 49.9 Å². The zero-order valence-corrected chi connectivity index (χ0v) is 14.4. The van der Waals surface area contributed by atoms with Gasteiger partial charge in [0, 0.05) is 9.79 Å². The zero-order valence-electron chi connectivity index (χ0n) is 12.8. The number of benzene rings is 2. The molecule has 2 nitrogen and oxygen atoms in total. The molecule has 0 radical (unpaired) electrons. The molecule has 0 atom stereocenters. The highest BCUT2D eigenvalue weighted by Gasteiger charge is 2.27. The van der Waals surface area contributed by atoms with Gasteiger partial charge in [-0.2, -0.15) is 11.8 Å². The van der Waals surface area contributed by atoms with Gasteiger partial charge in [0.2, 0.25) is 5.91 Å². The maximum atomic E-state index is 12.8. The molecule has 0 saturated heterocycles. The molecule has 2 aromatic rings. The second-order valence-corrected chi connectivity index (χ2v) is 7.79. The van der Waals surface area contributed by atoms with Gasteiger partial charge in [0.25, 0.3) is 0 Å². The van der Waals surface area contributed by atoms with E-state index >= 15 is 0 Å². The summed E-state index contributed by atoms with van der Waals surface area (Å²) in [6.07, 6.45) is 0. The van der Waals surface area contributed by atoms with Crippen LogP contribution in [0.25, 0.3) is 0 Å². The van der Waals surface area contributed by atoms with Crippen LogP contribution in [0.3, 0.4) is 0 Å². The number of carbonyl (C=O) groups excluding carboxylic acids is 1. The molecule has 0 aromatic heterocycles. The Bertz CT molecular complexity index is 639. The fourth-order valence-corrected chi connectivity index (χ4v) is 4.37. The molecule has 3 rings (SSSR count). The summed E-state index contributed by atoms with van der Waals surface area (Å²) in [6.45, 7) is 4.36. The van der Waals surface area contributed by atoms with Crippen LogP contribution in [0.2, 0.25) is 0 Å². The number of carbonyl (C=O) groups is 1. The summed E-state index contributed by atoms with van der Waals surface area (Å²) < 4.78 is 0. The van der Waals surface area contributed by atoms with E-state index in [1.165, 1.54) is 0 Å². The van der Waals surface area contributed by atoms with Gasteiger partial charge in [-0.15, -0.1) is 0 Å². The first kappa shape index (κ1) is 15.5.